The van der Waals surface area contributed by atoms with Crippen LogP contribution < -0.4 is 15.5 Å². The number of hydrogen-bond acceptors (Lipinski definition) is 2. The first-order valence-electron chi connectivity index (χ1n) is 4.69. The summed E-state index contributed by atoms with van der Waals surface area (Å²) in [7, 11) is 0. The van der Waals surface area contributed by atoms with Gasteiger partial charge in [0.1, 0.15) is 5.75 Å². The molecule has 1 aromatic carbocycles. The Bertz CT molecular complexity index is 447. The van der Waals surface area contributed by atoms with E-state index in [9.17, 15) is 17.7 Å². The first kappa shape index (κ1) is 10.8. The fourth-order valence-corrected chi connectivity index (χ4v) is 1.43. The van der Waals surface area contributed by atoms with Gasteiger partial charge in [0.25, 0.3) is 5.91 Å². The van der Waals surface area contributed by atoms with Crippen molar-refractivity contribution in [2.45, 2.75) is 13.0 Å². The van der Waals surface area contributed by atoms with E-state index in [0.717, 1.165) is 12.1 Å². The first-order valence-corrected chi connectivity index (χ1v) is 4.69. The van der Waals surface area contributed by atoms with Gasteiger partial charge in [-0.15, -0.1) is 5.46 Å². The highest BCUT2D eigenvalue weighted by Crippen LogP contribution is 2.29. The normalized spacial score (nSPS) is 19.8. The van der Waals surface area contributed by atoms with Crippen molar-refractivity contribution in [2.75, 3.05) is 5.32 Å². The Kier molecular flexibility index (Phi) is 2.33. The third-order valence-corrected chi connectivity index (χ3v) is 2.31. The molecule has 0 aliphatic carbocycles. The first-order chi connectivity index (χ1) is 7.38. The molecule has 0 saturated heterocycles. The van der Waals surface area contributed by atoms with Crippen molar-refractivity contribution in [3.8, 4) is 5.75 Å². The van der Waals surface area contributed by atoms with E-state index in [1.54, 1.807) is 0 Å². The van der Waals surface area contributed by atoms with E-state index >= 15 is 0 Å². The van der Waals surface area contributed by atoms with Gasteiger partial charge in [0.2, 0.25) is 0 Å². The van der Waals surface area contributed by atoms with Crippen LogP contribution in [-0.4, -0.2) is 19.0 Å². The van der Waals surface area contributed by atoms with Crippen LogP contribution in [-0.2, 0) is 4.79 Å². The maximum atomic E-state index is 12.4. The molecule has 3 nitrogen and oxygen atoms in total. The monoisotopic (exact) mass is 230 g/mol. The number of anilines is 1. The lowest BCUT2D eigenvalue weighted by Crippen LogP contribution is -2.38. The Morgan fingerprint density at radius 1 is 1.38 bits per heavy atom. The molecule has 0 saturated carbocycles. The fraction of sp³-hybridized carbons (Fsp3) is 0.222. The molecule has 7 heteroatoms. The topological polar surface area (TPSA) is 38.3 Å². The molecule has 1 atom stereocenters. The highest BCUT2D eigenvalue weighted by Gasteiger charge is 2.29. The van der Waals surface area contributed by atoms with Crippen LogP contribution in [0.3, 0.4) is 0 Å². The quantitative estimate of drug-likeness (QED) is 0.741. The third kappa shape index (κ3) is 1.85. The van der Waals surface area contributed by atoms with Gasteiger partial charge in [-0.1, -0.05) is 12.1 Å². The Hall–Kier alpha value is -1.66. The number of nitrogens with one attached hydrogen (secondary N) is 1. The number of carbonyl (C=O) groups is 1. The van der Waals surface area contributed by atoms with Crippen LogP contribution in [0.4, 0.5) is 18.6 Å². The molecule has 0 bridgehead atoms. The number of fused-ring (bicyclic) bond motifs is 1. The van der Waals surface area contributed by atoms with Gasteiger partial charge in [0.15, 0.2) is 6.10 Å². The number of carbonyl (C=O) groups excluding carboxylic acids is 1. The highest BCUT2D eigenvalue weighted by atomic mass is 19.4. The van der Waals surface area contributed by atoms with Gasteiger partial charge in [-0.2, -0.15) is 0 Å². The summed E-state index contributed by atoms with van der Waals surface area (Å²) in [4.78, 5) is 11.2. The Balaban J connectivity index is 2.40. The zero-order valence-electron chi connectivity index (χ0n) is 8.34. The van der Waals surface area contributed by atoms with Crippen molar-refractivity contribution in [3.63, 3.8) is 0 Å². The maximum Gasteiger partial charge on any atom is 0.509 e. The summed E-state index contributed by atoms with van der Waals surface area (Å²) in [5.41, 5.74) is -0.683. The lowest BCUT2D eigenvalue weighted by atomic mass is 9.80. The maximum absolute atomic E-state index is 12.4. The molecular formula is C9H8BF3NO2-. The Morgan fingerprint density at radius 2 is 2.06 bits per heavy atom. The second-order valence-electron chi connectivity index (χ2n) is 3.58. The second-order valence-corrected chi connectivity index (χ2v) is 3.58. The molecule has 0 radical (unpaired) electrons. The largest absolute Gasteiger partial charge is 0.509 e. The molecule has 1 amide bonds. The van der Waals surface area contributed by atoms with E-state index in [1.165, 1.54) is 13.0 Å². The number of halogens is 3. The molecule has 1 aliphatic heterocycles. The van der Waals surface area contributed by atoms with Gasteiger partial charge in [-0.05, 0) is 13.0 Å². The van der Waals surface area contributed by atoms with E-state index in [2.05, 4.69) is 5.32 Å². The molecule has 1 N–H and O–H groups in total. The summed E-state index contributed by atoms with van der Waals surface area (Å²) < 4.78 is 42.5. The van der Waals surface area contributed by atoms with Crippen LogP contribution in [0.5, 0.6) is 5.75 Å². The summed E-state index contributed by atoms with van der Waals surface area (Å²) in [6.45, 7) is -3.53. The number of rotatable bonds is 1. The number of ether oxygens (including phenoxy) is 1. The molecule has 2 rings (SSSR count). The molecule has 1 aliphatic rings. The van der Waals surface area contributed by atoms with Gasteiger partial charge in [0, 0.05) is 0 Å². The predicted molar refractivity (Wildman–Crippen MR) is 53.9 cm³/mol. The van der Waals surface area contributed by atoms with Gasteiger partial charge < -0.3 is 23.0 Å². The van der Waals surface area contributed by atoms with Crippen LogP contribution in [0, 0.1) is 0 Å². The SMILES string of the molecule is CC1Oc2ccc([B-](F)(F)F)cc2NC1=O. The van der Waals surface area contributed by atoms with Gasteiger partial charge in [0.05, 0.1) is 5.69 Å². The molecular weight excluding hydrogens is 222 g/mol. The Labute approximate surface area is 89.6 Å². The van der Waals surface area contributed by atoms with Gasteiger partial charge >= 0.3 is 6.98 Å². The average Bonchev–Trinajstić information content (AvgIpc) is 2.17. The summed E-state index contributed by atoms with van der Waals surface area (Å²) >= 11 is 0. The highest BCUT2D eigenvalue weighted by molar-refractivity contribution is 6.73. The van der Waals surface area contributed by atoms with E-state index < -0.39 is 24.5 Å². The van der Waals surface area contributed by atoms with Gasteiger partial charge in [-0.25, -0.2) is 0 Å². The van der Waals surface area contributed by atoms with E-state index in [0.29, 0.717) is 0 Å². The van der Waals surface area contributed by atoms with Crippen molar-refractivity contribution < 1.29 is 22.5 Å². The van der Waals surface area contributed by atoms with E-state index in [4.69, 9.17) is 4.74 Å². The zero-order valence-corrected chi connectivity index (χ0v) is 8.34. The summed E-state index contributed by atoms with van der Waals surface area (Å²) in [6, 6.07) is 3.05. The second kappa shape index (κ2) is 3.43. The van der Waals surface area contributed by atoms with Crippen molar-refractivity contribution in [2.24, 2.45) is 0 Å². The number of hydrogen-bond donors (Lipinski definition) is 1. The molecule has 86 valence electrons. The van der Waals surface area contributed by atoms with E-state index in [-0.39, 0.29) is 11.4 Å². The summed E-state index contributed by atoms with van der Waals surface area (Å²) in [5.74, 6) is -0.185. The lowest BCUT2D eigenvalue weighted by Gasteiger charge is -2.25. The molecule has 0 fully saturated rings. The van der Waals surface area contributed by atoms with Crippen molar-refractivity contribution in [1.82, 2.24) is 0 Å². The van der Waals surface area contributed by atoms with Crippen molar-refractivity contribution in [3.05, 3.63) is 18.2 Å². The average molecular weight is 230 g/mol. The molecule has 1 aromatic rings. The molecule has 1 unspecified atom stereocenters. The fourth-order valence-electron chi connectivity index (χ4n) is 1.43. The zero-order chi connectivity index (χ0) is 11.9. The number of benzene rings is 1. The van der Waals surface area contributed by atoms with Crippen molar-refractivity contribution >= 4 is 24.0 Å². The van der Waals surface area contributed by atoms with Crippen LogP contribution in [0.2, 0.25) is 0 Å². The van der Waals surface area contributed by atoms with Crippen LogP contribution in [0.15, 0.2) is 18.2 Å². The minimum absolute atomic E-state index is 0.0693. The van der Waals surface area contributed by atoms with Crippen molar-refractivity contribution in [1.29, 1.82) is 0 Å². The van der Waals surface area contributed by atoms with Crippen LogP contribution in [0.1, 0.15) is 6.92 Å². The summed E-state index contributed by atoms with van der Waals surface area (Å²) in [6.07, 6.45) is -0.685. The van der Waals surface area contributed by atoms with E-state index in [1.807, 2.05) is 0 Å². The van der Waals surface area contributed by atoms with Gasteiger partial charge in [-0.3, -0.25) is 4.79 Å². The lowest BCUT2D eigenvalue weighted by molar-refractivity contribution is -0.122. The minimum Gasteiger partial charge on any atom is -0.479 e. The van der Waals surface area contributed by atoms with Crippen LogP contribution >= 0.6 is 0 Å². The number of amides is 1. The minimum atomic E-state index is -5.06. The Morgan fingerprint density at radius 3 is 2.69 bits per heavy atom. The standard InChI is InChI=1S/C9H8BF3NO2/c1-5-9(15)14-7-4-6(10(11,12)13)2-3-8(7)16-5/h2-5H,1H3,(H,14,15)/q-1. The molecule has 16 heavy (non-hydrogen) atoms. The predicted octanol–water partition coefficient (Wildman–Crippen LogP) is 1.46. The smallest absolute Gasteiger partial charge is 0.479 e. The molecule has 0 aromatic heterocycles. The molecule has 1 heterocycles. The molecule has 0 spiro atoms. The summed E-state index contributed by atoms with van der Waals surface area (Å²) in [5, 5.41) is 2.37. The third-order valence-electron chi connectivity index (χ3n) is 2.31. The van der Waals surface area contributed by atoms with Crippen LogP contribution in [0.25, 0.3) is 0 Å².